The summed E-state index contributed by atoms with van der Waals surface area (Å²) in [5.74, 6) is -2.94. The van der Waals surface area contributed by atoms with Crippen LogP contribution in [0.4, 0.5) is 0 Å². The largest absolute Gasteiger partial charge is 0.494 e. The molecule has 0 spiro atoms. The number of nitrogens with two attached hydrogens (primary N) is 1. The van der Waals surface area contributed by atoms with E-state index in [2.05, 4.69) is 26.6 Å². The molecule has 1 aromatic carbocycles. The van der Waals surface area contributed by atoms with Crippen LogP contribution in [0.5, 0.6) is 5.75 Å². The second kappa shape index (κ2) is 40.4. The van der Waals surface area contributed by atoms with E-state index in [1.54, 1.807) is 12.1 Å². The van der Waals surface area contributed by atoms with E-state index in [0.717, 1.165) is 70.6 Å². The van der Waals surface area contributed by atoms with Crippen LogP contribution in [0.3, 0.4) is 0 Å². The number of amides is 5. The third-order valence-corrected chi connectivity index (χ3v) is 9.99. The lowest BCUT2D eigenvalue weighted by Gasteiger charge is -2.14. The molecule has 0 unspecified atom stereocenters. The third-order valence-electron chi connectivity index (χ3n) is 9.99. The lowest BCUT2D eigenvalue weighted by Crippen LogP contribution is -2.41. The maximum Gasteiger partial charge on any atom is 0.335 e. The Bertz CT molecular complexity index is 1500. The Hall–Kier alpha value is -4.89. The Kier molecular flexibility index (Phi) is 36.2. The molecule has 376 valence electrons. The number of aromatic carboxylic acids is 1. The first-order valence-electron chi connectivity index (χ1n) is 23.6. The van der Waals surface area contributed by atoms with Crippen molar-refractivity contribution in [1.82, 2.24) is 26.6 Å². The standard InChI is InChI=1S/C46H78N6O14/c1-2-3-23-51-44(57)38(47)15-12-13-24-48-42(55)34-64-32-31-63-29-26-50-43(56)35-65-33-30-62-28-25-49-40(53)22-21-39(46(60)61)52-41(54)16-11-9-7-5-4-6-8-10-14-27-66-37-19-17-36(18-20-37)45(58)59/h17-20,38-39H,2-16,21-35,47H2,1H3,(H,48,55)(H,49,53)(H,50,56)(H,51,57)(H,52,54)(H,58,59)(H,60,61)/t38-,39-/m0/s1. The summed E-state index contributed by atoms with van der Waals surface area (Å²) in [7, 11) is 0. The molecule has 0 aliphatic heterocycles. The number of nitrogens with one attached hydrogen (secondary N) is 5. The molecule has 0 aliphatic carbocycles. The molecule has 0 saturated heterocycles. The number of hydrogen-bond acceptors (Lipinski definition) is 13. The van der Waals surface area contributed by atoms with Gasteiger partial charge < -0.3 is 66.2 Å². The molecule has 20 nitrogen and oxygen atoms in total. The van der Waals surface area contributed by atoms with Crippen LogP contribution in [0.2, 0.25) is 0 Å². The molecule has 0 radical (unpaired) electrons. The summed E-state index contributed by atoms with van der Waals surface area (Å²) in [4.78, 5) is 82.9. The minimum atomic E-state index is -1.20. The molecule has 5 amide bonds. The highest BCUT2D eigenvalue weighted by Crippen LogP contribution is 2.14. The number of carboxylic acids is 2. The van der Waals surface area contributed by atoms with Crippen molar-refractivity contribution in [1.29, 1.82) is 0 Å². The lowest BCUT2D eigenvalue weighted by atomic mass is 10.1. The average Bonchev–Trinajstić information content (AvgIpc) is 3.29. The van der Waals surface area contributed by atoms with E-state index >= 15 is 0 Å². The Morgan fingerprint density at radius 2 is 1.06 bits per heavy atom. The van der Waals surface area contributed by atoms with Crippen molar-refractivity contribution in [3.05, 3.63) is 29.8 Å². The van der Waals surface area contributed by atoms with Gasteiger partial charge in [0, 0.05) is 39.0 Å². The summed E-state index contributed by atoms with van der Waals surface area (Å²) in [6, 6.07) is 4.66. The fraction of sp³-hybridized carbons (Fsp3) is 0.717. The van der Waals surface area contributed by atoms with Gasteiger partial charge >= 0.3 is 11.9 Å². The van der Waals surface area contributed by atoms with Crippen LogP contribution in [0.15, 0.2) is 24.3 Å². The van der Waals surface area contributed by atoms with Crippen LogP contribution in [0.1, 0.15) is 126 Å². The second-order valence-electron chi connectivity index (χ2n) is 15.7. The third kappa shape index (κ3) is 34.5. The molecule has 9 N–H and O–H groups in total. The van der Waals surface area contributed by atoms with Crippen molar-refractivity contribution in [2.75, 3.05) is 85.6 Å². The number of ether oxygens (including phenoxy) is 5. The first-order chi connectivity index (χ1) is 31.9. The van der Waals surface area contributed by atoms with Gasteiger partial charge in [-0.25, -0.2) is 9.59 Å². The highest BCUT2D eigenvalue weighted by molar-refractivity contribution is 5.87. The van der Waals surface area contributed by atoms with Gasteiger partial charge in [-0.3, -0.25) is 24.0 Å². The normalized spacial score (nSPS) is 11.8. The monoisotopic (exact) mass is 939 g/mol. The zero-order chi connectivity index (χ0) is 48.5. The Morgan fingerprint density at radius 1 is 0.530 bits per heavy atom. The first kappa shape index (κ1) is 59.1. The van der Waals surface area contributed by atoms with Gasteiger partial charge in [-0.15, -0.1) is 0 Å². The number of hydrogen-bond donors (Lipinski definition) is 8. The molecular weight excluding hydrogens is 861 g/mol. The van der Waals surface area contributed by atoms with Crippen LogP contribution >= 0.6 is 0 Å². The van der Waals surface area contributed by atoms with E-state index in [-0.39, 0.29) is 120 Å². The van der Waals surface area contributed by atoms with E-state index < -0.39 is 24.0 Å². The molecule has 0 bridgehead atoms. The Labute approximate surface area is 389 Å². The summed E-state index contributed by atoms with van der Waals surface area (Å²) in [5, 5.41) is 31.9. The first-order valence-corrected chi connectivity index (χ1v) is 23.6. The summed E-state index contributed by atoms with van der Waals surface area (Å²) < 4.78 is 27.0. The molecule has 1 rings (SSSR count). The molecule has 1 aromatic rings. The van der Waals surface area contributed by atoms with E-state index in [1.165, 1.54) is 12.1 Å². The van der Waals surface area contributed by atoms with Crippen molar-refractivity contribution >= 4 is 41.5 Å². The number of aliphatic carboxylic acids is 1. The van der Waals surface area contributed by atoms with E-state index in [1.807, 2.05) is 6.92 Å². The minimum Gasteiger partial charge on any atom is -0.494 e. The van der Waals surface area contributed by atoms with E-state index in [9.17, 15) is 38.7 Å². The fourth-order valence-corrected chi connectivity index (χ4v) is 6.16. The highest BCUT2D eigenvalue weighted by atomic mass is 16.5. The quantitative estimate of drug-likeness (QED) is 0.0437. The van der Waals surface area contributed by atoms with Gasteiger partial charge in [-0.05, 0) is 69.2 Å². The predicted octanol–water partition coefficient (Wildman–Crippen LogP) is 2.84. The molecule has 0 aromatic heterocycles. The van der Waals surface area contributed by atoms with Crippen LogP contribution in [-0.4, -0.2) is 149 Å². The lowest BCUT2D eigenvalue weighted by molar-refractivity contribution is -0.142. The van der Waals surface area contributed by atoms with Crippen molar-refractivity contribution in [3.8, 4) is 5.75 Å². The topological polar surface area (TPSA) is 292 Å². The molecular formula is C46H78N6O14. The zero-order valence-corrected chi connectivity index (χ0v) is 39.0. The number of carbonyl (C=O) groups is 7. The number of carbonyl (C=O) groups excluding carboxylic acids is 5. The maximum atomic E-state index is 12.4. The van der Waals surface area contributed by atoms with Crippen molar-refractivity contribution in [2.24, 2.45) is 5.73 Å². The maximum absolute atomic E-state index is 12.4. The summed E-state index contributed by atoms with van der Waals surface area (Å²) in [5.41, 5.74) is 6.12. The summed E-state index contributed by atoms with van der Waals surface area (Å²) in [6.45, 7) is 5.18. The predicted molar refractivity (Wildman–Crippen MR) is 246 cm³/mol. The SMILES string of the molecule is CCCCNC(=O)[C@@H](N)CCCCNC(=O)COCCOCCNC(=O)COCCOCCNC(=O)CC[C@H](NC(=O)CCCCCCCCCCCOc1ccc(C(=O)O)cc1)C(=O)O. The van der Waals surface area contributed by atoms with Crippen LogP contribution in [0.25, 0.3) is 0 Å². The van der Waals surface area contributed by atoms with Crippen molar-refractivity contribution in [2.45, 2.75) is 128 Å². The zero-order valence-electron chi connectivity index (χ0n) is 39.0. The molecule has 0 heterocycles. The van der Waals surface area contributed by atoms with Gasteiger partial charge in [0.25, 0.3) is 0 Å². The highest BCUT2D eigenvalue weighted by Gasteiger charge is 2.21. The fourth-order valence-electron chi connectivity index (χ4n) is 6.16. The number of unbranched alkanes of at least 4 members (excludes halogenated alkanes) is 10. The molecule has 66 heavy (non-hydrogen) atoms. The van der Waals surface area contributed by atoms with Crippen LogP contribution in [0, 0.1) is 0 Å². The Morgan fingerprint density at radius 3 is 1.64 bits per heavy atom. The van der Waals surface area contributed by atoms with Gasteiger partial charge in [-0.1, -0.05) is 58.3 Å². The smallest absolute Gasteiger partial charge is 0.335 e. The average molecular weight is 939 g/mol. The number of rotatable bonds is 44. The summed E-state index contributed by atoms with van der Waals surface area (Å²) >= 11 is 0. The van der Waals surface area contributed by atoms with Crippen LogP contribution in [-0.2, 0) is 47.7 Å². The van der Waals surface area contributed by atoms with Gasteiger partial charge in [0.05, 0.1) is 57.9 Å². The molecule has 0 saturated carbocycles. The van der Waals surface area contributed by atoms with Gasteiger partial charge in [0.2, 0.25) is 29.5 Å². The molecule has 20 heteroatoms. The van der Waals surface area contributed by atoms with Crippen LogP contribution < -0.4 is 37.1 Å². The number of carboxylic acid groups (broad SMARTS) is 2. The number of benzene rings is 1. The van der Waals surface area contributed by atoms with E-state index in [4.69, 9.17) is 34.5 Å². The van der Waals surface area contributed by atoms with Crippen molar-refractivity contribution < 1.29 is 67.5 Å². The summed E-state index contributed by atoms with van der Waals surface area (Å²) in [6.07, 6.45) is 12.9. The molecule has 2 atom stereocenters. The van der Waals surface area contributed by atoms with Gasteiger partial charge in [0.15, 0.2) is 0 Å². The second-order valence-corrected chi connectivity index (χ2v) is 15.7. The van der Waals surface area contributed by atoms with Gasteiger partial charge in [0.1, 0.15) is 25.0 Å². The Balaban J connectivity index is 1.91. The van der Waals surface area contributed by atoms with Crippen molar-refractivity contribution in [3.63, 3.8) is 0 Å². The molecule has 0 fully saturated rings. The molecule has 0 aliphatic rings. The minimum absolute atomic E-state index is 0.0428. The van der Waals surface area contributed by atoms with E-state index in [0.29, 0.717) is 44.7 Å². The van der Waals surface area contributed by atoms with Gasteiger partial charge in [-0.2, -0.15) is 0 Å².